The summed E-state index contributed by atoms with van der Waals surface area (Å²) >= 11 is 0. The van der Waals surface area contributed by atoms with Crippen LogP contribution in [0.1, 0.15) is 34.7 Å². The number of hydrogen-bond donors (Lipinski definition) is 0. The van der Waals surface area contributed by atoms with Crippen LogP contribution in [0.15, 0.2) is 18.3 Å². The number of carbonyl (C=O) groups is 3. The average molecular weight is 307 g/mol. The second kappa shape index (κ2) is 8.11. The molecule has 0 unspecified atom stereocenters. The van der Waals surface area contributed by atoms with Crippen molar-refractivity contribution in [1.82, 2.24) is 14.8 Å². The predicted molar refractivity (Wildman–Crippen MR) is 80.5 cm³/mol. The number of rotatable bonds is 6. The van der Waals surface area contributed by atoms with Crippen LogP contribution in [0.2, 0.25) is 0 Å². The highest BCUT2D eigenvalue weighted by molar-refractivity contribution is 6.04. The third kappa shape index (κ3) is 4.03. The molecular weight excluding hydrogens is 286 g/mol. The molecular formula is C15H21N3O4. The lowest BCUT2D eigenvalue weighted by Gasteiger charge is -2.23. The molecule has 1 heterocycles. The van der Waals surface area contributed by atoms with Crippen molar-refractivity contribution < 1.29 is 19.1 Å². The minimum absolute atomic E-state index is 0.0239. The number of amides is 2. The Morgan fingerprint density at radius 3 is 2.41 bits per heavy atom. The fourth-order valence-corrected chi connectivity index (χ4v) is 1.98. The van der Waals surface area contributed by atoms with Crippen molar-refractivity contribution in [3.8, 4) is 0 Å². The van der Waals surface area contributed by atoms with Crippen LogP contribution in [0.3, 0.4) is 0 Å². The molecule has 1 aromatic heterocycles. The monoisotopic (exact) mass is 307 g/mol. The van der Waals surface area contributed by atoms with Gasteiger partial charge in [0, 0.05) is 26.3 Å². The molecule has 0 atom stereocenters. The van der Waals surface area contributed by atoms with Crippen molar-refractivity contribution in [2.75, 3.05) is 33.8 Å². The number of aromatic nitrogens is 1. The predicted octanol–water partition coefficient (Wildman–Crippen LogP) is 0.809. The van der Waals surface area contributed by atoms with Gasteiger partial charge in [0.25, 0.3) is 5.91 Å². The topological polar surface area (TPSA) is 79.8 Å². The van der Waals surface area contributed by atoms with Crippen molar-refractivity contribution in [3.63, 3.8) is 0 Å². The Morgan fingerprint density at radius 2 is 1.86 bits per heavy atom. The lowest BCUT2D eigenvalue weighted by molar-refractivity contribution is -0.131. The van der Waals surface area contributed by atoms with E-state index in [2.05, 4.69) is 9.72 Å². The van der Waals surface area contributed by atoms with Crippen molar-refractivity contribution in [3.05, 3.63) is 29.6 Å². The van der Waals surface area contributed by atoms with Crippen LogP contribution < -0.4 is 0 Å². The molecule has 0 fully saturated rings. The molecule has 0 saturated heterocycles. The highest BCUT2D eigenvalue weighted by Crippen LogP contribution is 2.10. The molecule has 1 aromatic rings. The van der Waals surface area contributed by atoms with Gasteiger partial charge in [0.15, 0.2) is 0 Å². The van der Waals surface area contributed by atoms with Crippen LogP contribution in [0.25, 0.3) is 0 Å². The lowest BCUT2D eigenvalue weighted by atomic mass is 10.1. The van der Waals surface area contributed by atoms with E-state index in [4.69, 9.17) is 0 Å². The Kier molecular flexibility index (Phi) is 6.49. The van der Waals surface area contributed by atoms with Gasteiger partial charge in [-0.25, -0.2) is 4.79 Å². The molecule has 120 valence electrons. The standard InChI is InChI=1S/C15H21N3O4/c1-5-18(6-2)12(19)10-17(3)14(20)13-11(15(21)22-4)8-7-9-16-13/h7-9H,5-6,10H2,1-4H3. The van der Waals surface area contributed by atoms with Crippen LogP contribution in [-0.4, -0.2) is 66.4 Å². The molecule has 7 heteroatoms. The highest BCUT2D eigenvalue weighted by atomic mass is 16.5. The first kappa shape index (κ1) is 17.6. The molecule has 0 spiro atoms. The van der Waals surface area contributed by atoms with E-state index in [1.54, 1.807) is 11.0 Å². The highest BCUT2D eigenvalue weighted by Gasteiger charge is 2.23. The number of carbonyl (C=O) groups excluding carboxylic acids is 3. The Labute approximate surface area is 129 Å². The zero-order valence-corrected chi connectivity index (χ0v) is 13.3. The van der Waals surface area contributed by atoms with Crippen LogP contribution >= 0.6 is 0 Å². The summed E-state index contributed by atoms with van der Waals surface area (Å²) in [5, 5.41) is 0. The first-order chi connectivity index (χ1) is 10.5. The maximum Gasteiger partial charge on any atom is 0.340 e. The van der Waals surface area contributed by atoms with Crippen molar-refractivity contribution in [2.24, 2.45) is 0 Å². The Hall–Kier alpha value is -2.44. The van der Waals surface area contributed by atoms with Crippen molar-refractivity contribution in [1.29, 1.82) is 0 Å². The van der Waals surface area contributed by atoms with Crippen LogP contribution in [0, 0.1) is 0 Å². The molecule has 0 saturated carbocycles. The fourth-order valence-electron chi connectivity index (χ4n) is 1.98. The van der Waals surface area contributed by atoms with Crippen molar-refractivity contribution >= 4 is 17.8 Å². The quantitative estimate of drug-likeness (QED) is 0.727. The zero-order chi connectivity index (χ0) is 16.7. The number of hydrogen-bond acceptors (Lipinski definition) is 5. The van der Waals surface area contributed by atoms with Gasteiger partial charge in [0.2, 0.25) is 5.91 Å². The van der Waals surface area contributed by atoms with Crippen molar-refractivity contribution in [2.45, 2.75) is 13.8 Å². The van der Waals surface area contributed by atoms with Crippen LogP contribution in [0.5, 0.6) is 0 Å². The second-order valence-corrected chi connectivity index (χ2v) is 4.62. The largest absolute Gasteiger partial charge is 0.465 e. The Morgan fingerprint density at radius 1 is 1.23 bits per heavy atom. The normalized spacial score (nSPS) is 10.0. The lowest BCUT2D eigenvalue weighted by Crippen LogP contribution is -2.41. The third-order valence-electron chi connectivity index (χ3n) is 3.25. The zero-order valence-electron chi connectivity index (χ0n) is 13.3. The van der Waals surface area contributed by atoms with E-state index in [1.165, 1.54) is 31.3 Å². The first-order valence-corrected chi connectivity index (χ1v) is 7.02. The van der Waals surface area contributed by atoms with Gasteiger partial charge in [-0.1, -0.05) is 0 Å². The van der Waals surface area contributed by atoms with E-state index in [0.717, 1.165) is 0 Å². The van der Waals surface area contributed by atoms with Gasteiger partial charge in [0.05, 0.1) is 19.2 Å². The molecule has 1 rings (SSSR count). The smallest absolute Gasteiger partial charge is 0.340 e. The molecule has 7 nitrogen and oxygen atoms in total. The summed E-state index contributed by atoms with van der Waals surface area (Å²) in [4.78, 5) is 42.9. The molecule has 2 amide bonds. The summed E-state index contributed by atoms with van der Waals surface area (Å²) in [6, 6.07) is 3.01. The minimum Gasteiger partial charge on any atom is -0.465 e. The Balaban J connectivity index is 2.92. The van der Waals surface area contributed by atoms with Crippen LogP contribution in [0.4, 0.5) is 0 Å². The summed E-state index contributed by atoms with van der Waals surface area (Å²) in [5.74, 6) is -1.29. The molecule has 0 radical (unpaired) electrons. The number of pyridine rings is 1. The van der Waals surface area contributed by atoms with Gasteiger partial charge in [0.1, 0.15) is 5.69 Å². The van der Waals surface area contributed by atoms with Crippen LogP contribution in [-0.2, 0) is 9.53 Å². The summed E-state index contributed by atoms with van der Waals surface area (Å²) in [5.41, 5.74) is 0.0568. The SMILES string of the molecule is CCN(CC)C(=O)CN(C)C(=O)c1ncccc1C(=O)OC. The van der Waals surface area contributed by atoms with Gasteiger partial charge in [-0.2, -0.15) is 0 Å². The van der Waals surface area contributed by atoms with Gasteiger partial charge in [-0.15, -0.1) is 0 Å². The molecule has 0 aliphatic carbocycles. The van der Waals surface area contributed by atoms with E-state index < -0.39 is 11.9 Å². The maximum absolute atomic E-state index is 12.4. The summed E-state index contributed by atoms with van der Waals surface area (Å²) < 4.78 is 4.64. The second-order valence-electron chi connectivity index (χ2n) is 4.62. The molecule has 22 heavy (non-hydrogen) atoms. The molecule has 0 aliphatic rings. The number of ether oxygens (including phenoxy) is 1. The van der Waals surface area contributed by atoms with Gasteiger partial charge >= 0.3 is 5.97 Å². The molecule has 0 bridgehead atoms. The van der Waals surface area contributed by atoms with E-state index in [0.29, 0.717) is 13.1 Å². The maximum atomic E-state index is 12.4. The average Bonchev–Trinajstić information content (AvgIpc) is 2.54. The first-order valence-electron chi connectivity index (χ1n) is 7.02. The molecule has 0 N–H and O–H groups in total. The molecule has 0 aliphatic heterocycles. The molecule has 0 aromatic carbocycles. The Bertz CT molecular complexity index is 555. The van der Waals surface area contributed by atoms with E-state index in [-0.39, 0.29) is 23.7 Å². The van der Waals surface area contributed by atoms with Gasteiger partial charge < -0.3 is 14.5 Å². The minimum atomic E-state index is -0.639. The van der Waals surface area contributed by atoms with Gasteiger partial charge in [-0.3, -0.25) is 14.6 Å². The number of esters is 1. The number of likely N-dealkylation sites (N-methyl/N-ethyl adjacent to an activating group) is 2. The number of methoxy groups -OCH3 is 1. The summed E-state index contributed by atoms with van der Waals surface area (Å²) in [7, 11) is 2.73. The fraction of sp³-hybridized carbons (Fsp3) is 0.467. The summed E-state index contributed by atoms with van der Waals surface area (Å²) in [6.45, 7) is 4.83. The number of nitrogens with zero attached hydrogens (tertiary/aromatic N) is 3. The third-order valence-corrected chi connectivity index (χ3v) is 3.25. The van der Waals surface area contributed by atoms with Gasteiger partial charge in [-0.05, 0) is 26.0 Å². The van der Waals surface area contributed by atoms with E-state index in [1.807, 2.05) is 13.8 Å². The van der Waals surface area contributed by atoms with E-state index in [9.17, 15) is 14.4 Å². The van der Waals surface area contributed by atoms with E-state index >= 15 is 0 Å². The summed E-state index contributed by atoms with van der Waals surface area (Å²) in [6.07, 6.45) is 1.42.